The zero-order valence-electron chi connectivity index (χ0n) is 10.2. The van der Waals surface area contributed by atoms with Gasteiger partial charge in [0.15, 0.2) is 0 Å². The monoisotopic (exact) mass is 233 g/mol. The van der Waals surface area contributed by atoms with Crippen molar-refractivity contribution in [2.75, 3.05) is 20.1 Å². The molecule has 0 aliphatic rings. The van der Waals surface area contributed by atoms with Crippen LogP contribution in [0.3, 0.4) is 0 Å². The number of fused-ring (bicyclic) bond motifs is 1. The van der Waals surface area contributed by atoms with Crippen molar-refractivity contribution < 1.29 is 0 Å². The summed E-state index contributed by atoms with van der Waals surface area (Å²) in [7, 11) is 2.10. The van der Waals surface area contributed by atoms with Gasteiger partial charge in [-0.2, -0.15) is 0 Å². The van der Waals surface area contributed by atoms with Gasteiger partial charge in [0.1, 0.15) is 11.3 Å². The van der Waals surface area contributed by atoms with E-state index < -0.39 is 0 Å². The molecule has 0 atom stereocenters. The van der Waals surface area contributed by atoms with Crippen molar-refractivity contribution in [3.05, 3.63) is 24.3 Å². The third kappa shape index (κ3) is 3.25. The van der Waals surface area contributed by atoms with E-state index in [4.69, 9.17) is 5.73 Å². The number of imidazole rings is 1. The van der Waals surface area contributed by atoms with Crippen LogP contribution in [-0.2, 0) is 6.54 Å². The van der Waals surface area contributed by atoms with E-state index in [-0.39, 0.29) is 0 Å². The summed E-state index contributed by atoms with van der Waals surface area (Å²) in [6, 6.07) is 1.94. The second-order valence-electron chi connectivity index (χ2n) is 4.31. The van der Waals surface area contributed by atoms with Gasteiger partial charge >= 0.3 is 0 Å². The Morgan fingerprint density at radius 2 is 2.29 bits per heavy atom. The molecule has 0 unspecified atom stereocenters. The second-order valence-corrected chi connectivity index (χ2v) is 4.31. The van der Waals surface area contributed by atoms with Gasteiger partial charge in [0.05, 0.1) is 18.3 Å². The largest absolute Gasteiger partial charge is 0.341 e. The molecule has 2 aromatic rings. The molecule has 0 bridgehead atoms. The Kier molecular flexibility index (Phi) is 4.06. The molecule has 0 aromatic carbocycles. The van der Waals surface area contributed by atoms with Gasteiger partial charge in [0.2, 0.25) is 0 Å². The Morgan fingerprint density at radius 3 is 3.06 bits per heavy atom. The zero-order valence-corrected chi connectivity index (χ0v) is 10.2. The molecule has 3 N–H and O–H groups in total. The van der Waals surface area contributed by atoms with Gasteiger partial charge in [0.25, 0.3) is 0 Å². The van der Waals surface area contributed by atoms with Gasteiger partial charge in [0, 0.05) is 6.20 Å². The van der Waals surface area contributed by atoms with E-state index in [2.05, 4.69) is 26.9 Å². The summed E-state index contributed by atoms with van der Waals surface area (Å²) >= 11 is 0. The number of unbranched alkanes of at least 4 members (excludes halogenated alkanes) is 1. The third-order valence-corrected chi connectivity index (χ3v) is 2.75. The number of aromatic amines is 1. The summed E-state index contributed by atoms with van der Waals surface area (Å²) in [5.41, 5.74) is 7.45. The van der Waals surface area contributed by atoms with Crippen molar-refractivity contribution >= 4 is 11.0 Å². The highest BCUT2D eigenvalue weighted by atomic mass is 15.1. The van der Waals surface area contributed by atoms with E-state index in [0.29, 0.717) is 0 Å². The summed E-state index contributed by atoms with van der Waals surface area (Å²) < 4.78 is 0. The Hall–Kier alpha value is -1.46. The fourth-order valence-corrected chi connectivity index (χ4v) is 1.85. The number of aromatic nitrogens is 3. The summed E-state index contributed by atoms with van der Waals surface area (Å²) in [6.45, 7) is 2.65. The van der Waals surface area contributed by atoms with Gasteiger partial charge in [-0.3, -0.25) is 9.88 Å². The molecule has 5 nitrogen and oxygen atoms in total. The number of nitrogens with one attached hydrogen (secondary N) is 1. The van der Waals surface area contributed by atoms with E-state index in [0.717, 1.165) is 49.3 Å². The average molecular weight is 233 g/mol. The van der Waals surface area contributed by atoms with Gasteiger partial charge in [-0.25, -0.2) is 4.98 Å². The number of hydrogen-bond donors (Lipinski definition) is 2. The van der Waals surface area contributed by atoms with Crippen LogP contribution in [0.1, 0.15) is 18.7 Å². The number of hydrogen-bond acceptors (Lipinski definition) is 4. The second kappa shape index (κ2) is 5.75. The first kappa shape index (κ1) is 12.0. The molecule has 0 saturated heterocycles. The van der Waals surface area contributed by atoms with Crippen LogP contribution in [0.25, 0.3) is 11.0 Å². The van der Waals surface area contributed by atoms with Crippen molar-refractivity contribution in [3.63, 3.8) is 0 Å². The van der Waals surface area contributed by atoms with Crippen molar-refractivity contribution in [3.8, 4) is 0 Å². The summed E-state index contributed by atoms with van der Waals surface area (Å²) in [5, 5.41) is 0. The van der Waals surface area contributed by atoms with Crippen LogP contribution >= 0.6 is 0 Å². The average Bonchev–Trinajstić information content (AvgIpc) is 2.71. The summed E-state index contributed by atoms with van der Waals surface area (Å²) in [5.74, 6) is 0.989. The maximum absolute atomic E-state index is 5.47. The molecular formula is C12H19N5. The van der Waals surface area contributed by atoms with Crippen LogP contribution in [0.15, 0.2) is 18.5 Å². The van der Waals surface area contributed by atoms with Crippen LogP contribution in [0, 0.1) is 0 Å². The normalized spacial score (nSPS) is 11.5. The molecule has 2 rings (SSSR count). The first-order chi connectivity index (χ1) is 8.29. The van der Waals surface area contributed by atoms with Crippen LogP contribution < -0.4 is 5.73 Å². The highest BCUT2D eigenvalue weighted by Gasteiger charge is 2.05. The predicted molar refractivity (Wildman–Crippen MR) is 68.5 cm³/mol. The summed E-state index contributed by atoms with van der Waals surface area (Å²) in [4.78, 5) is 14.1. The molecular weight excluding hydrogens is 214 g/mol. The Bertz CT molecular complexity index is 432. The molecule has 5 heteroatoms. The standard InChI is InChI=1S/C12H19N5/c1-17(7-3-2-5-13)9-12-15-10-4-6-14-8-11(10)16-12/h4,6,8H,2-3,5,7,9,13H2,1H3,(H,15,16). The minimum atomic E-state index is 0.768. The van der Waals surface area contributed by atoms with E-state index in [1.165, 1.54) is 0 Å². The van der Waals surface area contributed by atoms with Crippen molar-refractivity contribution in [1.29, 1.82) is 0 Å². The topological polar surface area (TPSA) is 70.8 Å². The van der Waals surface area contributed by atoms with E-state index in [1.54, 1.807) is 12.4 Å². The lowest BCUT2D eigenvalue weighted by atomic mass is 10.3. The Balaban J connectivity index is 1.93. The molecule has 92 valence electrons. The number of nitrogens with zero attached hydrogens (tertiary/aromatic N) is 3. The lowest BCUT2D eigenvalue weighted by Crippen LogP contribution is -2.20. The van der Waals surface area contributed by atoms with Crippen molar-refractivity contribution in [2.24, 2.45) is 5.73 Å². The lowest BCUT2D eigenvalue weighted by molar-refractivity contribution is 0.313. The van der Waals surface area contributed by atoms with E-state index in [9.17, 15) is 0 Å². The van der Waals surface area contributed by atoms with Gasteiger partial charge < -0.3 is 10.7 Å². The molecule has 2 aromatic heterocycles. The third-order valence-electron chi connectivity index (χ3n) is 2.75. The molecule has 0 saturated carbocycles. The van der Waals surface area contributed by atoms with Crippen molar-refractivity contribution in [1.82, 2.24) is 19.9 Å². The molecule has 0 amide bonds. The number of nitrogens with two attached hydrogens (primary N) is 1. The molecule has 0 spiro atoms. The van der Waals surface area contributed by atoms with Gasteiger partial charge in [-0.05, 0) is 39.0 Å². The predicted octanol–water partition coefficient (Wildman–Crippen LogP) is 1.13. The molecule has 0 aliphatic heterocycles. The van der Waals surface area contributed by atoms with Crippen LogP contribution in [-0.4, -0.2) is 40.0 Å². The molecule has 0 fully saturated rings. The fraction of sp³-hybridized carbons (Fsp3) is 0.500. The maximum atomic E-state index is 5.47. The minimum Gasteiger partial charge on any atom is -0.341 e. The maximum Gasteiger partial charge on any atom is 0.121 e. The van der Waals surface area contributed by atoms with Crippen LogP contribution in [0.2, 0.25) is 0 Å². The fourth-order valence-electron chi connectivity index (χ4n) is 1.85. The highest BCUT2D eigenvalue weighted by molar-refractivity contribution is 5.73. The summed E-state index contributed by atoms with van der Waals surface area (Å²) in [6.07, 6.45) is 5.77. The number of H-pyrrole nitrogens is 1. The minimum absolute atomic E-state index is 0.768. The SMILES string of the molecule is CN(CCCCN)Cc1nc2cnccc2[nH]1. The molecule has 0 aliphatic carbocycles. The smallest absolute Gasteiger partial charge is 0.121 e. The van der Waals surface area contributed by atoms with Gasteiger partial charge in [-0.15, -0.1) is 0 Å². The molecule has 17 heavy (non-hydrogen) atoms. The number of pyridine rings is 1. The van der Waals surface area contributed by atoms with E-state index in [1.807, 2.05) is 6.07 Å². The molecule has 0 radical (unpaired) electrons. The lowest BCUT2D eigenvalue weighted by Gasteiger charge is -2.14. The zero-order chi connectivity index (χ0) is 12.1. The first-order valence-corrected chi connectivity index (χ1v) is 5.97. The van der Waals surface area contributed by atoms with Crippen LogP contribution in [0.5, 0.6) is 0 Å². The molecule has 2 heterocycles. The Labute approximate surface area is 101 Å². The van der Waals surface area contributed by atoms with Crippen molar-refractivity contribution in [2.45, 2.75) is 19.4 Å². The van der Waals surface area contributed by atoms with Crippen LogP contribution in [0.4, 0.5) is 0 Å². The Morgan fingerprint density at radius 1 is 1.41 bits per heavy atom. The quantitative estimate of drug-likeness (QED) is 0.734. The van der Waals surface area contributed by atoms with Gasteiger partial charge in [-0.1, -0.05) is 0 Å². The first-order valence-electron chi connectivity index (χ1n) is 5.97. The number of rotatable bonds is 6. The van der Waals surface area contributed by atoms with E-state index >= 15 is 0 Å². The highest BCUT2D eigenvalue weighted by Crippen LogP contribution is 2.10.